The fourth-order valence-electron chi connectivity index (χ4n) is 8.14. The average Bonchev–Trinajstić information content (AvgIpc) is 3.86. The zero-order chi connectivity index (χ0) is 42.4. The molecule has 0 radical (unpaired) electrons. The highest BCUT2D eigenvalue weighted by Gasteiger charge is 2.27. The molecule has 0 spiro atoms. The van der Waals surface area contributed by atoms with Crippen LogP contribution in [-0.2, 0) is 0 Å². The number of aromatic nitrogens is 1. The maximum absolute atomic E-state index is 5.68. The summed E-state index contributed by atoms with van der Waals surface area (Å²) < 4.78 is 5.68. The molecule has 0 bridgehead atoms. The number of benzene rings is 6. The third kappa shape index (κ3) is 8.34. The van der Waals surface area contributed by atoms with Crippen LogP contribution in [-0.4, -0.2) is 17.8 Å². The quantitative estimate of drug-likeness (QED) is 0.130. The molecule has 0 fully saturated rings. The van der Waals surface area contributed by atoms with Crippen molar-refractivity contribution < 1.29 is 4.74 Å². The SMILES string of the molecule is C=C(/C=C\C)c1ccc(C2=CC(c3ccc(C)cc3)=N/C2=C(/c2ccc(OC)cc2)c2[nH]c(-c3ccc(C4=CC=CCC=C4)cc3)cc2-c2ccc(-c3ccccc3)cc2)cc1. The van der Waals surface area contributed by atoms with Gasteiger partial charge >= 0.3 is 0 Å². The second kappa shape index (κ2) is 17.8. The molecule has 1 N–H and O–H groups in total. The van der Waals surface area contributed by atoms with Gasteiger partial charge in [-0.15, -0.1) is 0 Å². The number of methoxy groups -OCH3 is 1. The Morgan fingerprint density at radius 3 is 2.00 bits per heavy atom. The highest BCUT2D eigenvalue weighted by atomic mass is 16.5. The number of nitrogens with one attached hydrogen (secondary N) is 1. The number of nitrogens with zero attached hydrogens (tertiary/aromatic N) is 1. The summed E-state index contributed by atoms with van der Waals surface area (Å²) in [5.74, 6) is 0.791. The number of aromatic amines is 1. The van der Waals surface area contributed by atoms with Gasteiger partial charge in [-0.2, -0.15) is 0 Å². The maximum atomic E-state index is 5.68. The van der Waals surface area contributed by atoms with Crippen molar-refractivity contribution in [1.29, 1.82) is 0 Å². The molecule has 62 heavy (non-hydrogen) atoms. The van der Waals surface area contributed by atoms with Crippen LogP contribution in [0.2, 0.25) is 0 Å². The number of H-pyrrole nitrogens is 1. The summed E-state index contributed by atoms with van der Waals surface area (Å²) >= 11 is 0. The summed E-state index contributed by atoms with van der Waals surface area (Å²) in [7, 11) is 1.71. The van der Waals surface area contributed by atoms with Crippen LogP contribution in [0.5, 0.6) is 5.75 Å². The molecule has 2 heterocycles. The van der Waals surface area contributed by atoms with Gasteiger partial charge in [0.15, 0.2) is 0 Å². The minimum absolute atomic E-state index is 0.791. The molecular formula is C59H48N2O. The number of hydrogen-bond donors (Lipinski definition) is 1. The lowest BCUT2D eigenvalue weighted by atomic mass is 9.90. The smallest absolute Gasteiger partial charge is 0.118 e. The molecular weight excluding hydrogens is 753 g/mol. The number of aliphatic imine (C=N–C) groups is 1. The average molecular weight is 801 g/mol. The molecule has 9 rings (SSSR count). The number of allylic oxidation sites excluding steroid dienone is 11. The summed E-state index contributed by atoms with van der Waals surface area (Å²) in [6.45, 7) is 8.43. The molecule has 0 atom stereocenters. The van der Waals surface area contributed by atoms with Gasteiger partial charge in [-0.25, -0.2) is 4.99 Å². The van der Waals surface area contributed by atoms with Crippen molar-refractivity contribution in [2.75, 3.05) is 7.11 Å². The summed E-state index contributed by atoms with van der Waals surface area (Å²) in [5.41, 5.74) is 20.3. The Hall–Kier alpha value is -7.75. The molecule has 6 aromatic carbocycles. The Morgan fingerprint density at radius 2 is 1.29 bits per heavy atom. The van der Waals surface area contributed by atoms with E-state index in [0.29, 0.717) is 0 Å². The molecule has 1 aliphatic heterocycles. The van der Waals surface area contributed by atoms with Gasteiger partial charge in [-0.3, -0.25) is 0 Å². The van der Waals surface area contributed by atoms with E-state index in [0.717, 1.165) is 90.6 Å². The Kier molecular flexibility index (Phi) is 11.4. The van der Waals surface area contributed by atoms with E-state index in [1.165, 1.54) is 27.8 Å². The van der Waals surface area contributed by atoms with Crippen molar-refractivity contribution in [3.63, 3.8) is 0 Å². The highest BCUT2D eigenvalue weighted by molar-refractivity contribution is 6.20. The fourth-order valence-corrected chi connectivity index (χ4v) is 8.14. The summed E-state index contributed by atoms with van der Waals surface area (Å²) in [6.07, 6.45) is 18.2. The molecule has 7 aromatic rings. The van der Waals surface area contributed by atoms with Crippen molar-refractivity contribution >= 4 is 28.0 Å². The largest absolute Gasteiger partial charge is 0.497 e. The molecule has 3 nitrogen and oxygen atoms in total. The van der Waals surface area contributed by atoms with E-state index in [4.69, 9.17) is 9.73 Å². The van der Waals surface area contributed by atoms with E-state index in [-0.39, 0.29) is 0 Å². The third-order valence-electron chi connectivity index (χ3n) is 11.5. The topological polar surface area (TPSA) is 37.4 Å². The van der Waals surface area contributed by atoms with Gasteiger partial charge in [0.05, 0.1) is 24.2 Å². The van der Waals surface area contributed by atoms with Crippen LogP contribution in [0.15, 0.2) is 224 Å². The van der Waals surface area contributed by atoms with Gasteiger partial charge in [0, 0.05) is 28.0 Å². The molecule has 1 aromatic heterocycles. The first-order valence-electron chi connectivity index (χ1n) is 21.2. The number of ether oxygens (including phenoxy) is 1. The number of rotatable bonds is 11. The van der Waals surface area contributed by atoms with Gasteiger partial charge in [0.2, 0.25) is 0 Å². The van der Waals surface area contributed by atoms with Gasteiger partial charge in [-0.05, 0) is 100 Å². The molecule has 0 saturated heterocycles. The van der Waals surface area contributed by atoms with Gasteiger partial charge in [-0.1, -0.05) is 194 Å². The number of hydrogen-bond acceptors (Lipinski definition) is 2. The lowest BCUT2D eigenvalue weighted by Crippen LogP contribution is -1.98. The lowest BCUT2D eigenvalue weighted by molar-refractivity contribution is 0.415. The van der Waals surface area contributed by atoms with Crippen molar-refractivity contribution in [1.82, 2.24) is 4.98 Å². The minimum atomic E-state index is 0.791. The predicted octanol–water partition coefficient (Wildman–Crippen LogP) is 15.2. The zero-order valence-corrected chi connectivity index (χ0v) is 35.4. The lowest BCUT2D eigenvalue weighted by Gasteiger charge is -2.16. The van der Waals surface area contributed by atoms with E-state index in [9.17, 15) is 0 Å². The molecule has 2 aliphatic rings. The predicted molar refractivity (Wildman–Crippen MR) is 263 cm³/mol. The fraction of sp³-hybridized carbons (Fsp3) is 0.0678. The monoisotopic (exact) mass is 800 g/mol. The van der Waals surface area contributed by atoms with Crippen LogP contribution < -0.4 is 4.74 Å². The molecule has 1 aliphatic carbocycles. The van der Waals surface area contributed by atoms with E-state index in [1.54, 1.807) is 7.11 Å². The van der Waals surface area contributed by atoms with E-state index in [1.807, 2.05) is 31.2 Å². The van der Waals surface area contributed by atoms with E-state index < -0.39 is 0 Å². The van der Waals surface area contributed by atoms with Gasteiger partial charge < -0.3 is 9.72 Å². The van der Waals surface area contributed by atoms with Gasteiger partial charge in [0.1, 0.15) is 5.75 Å². The summed E-state index contributed by atoms with van der Waals surface area (Å²) in [4.78, 5) is 9.56. The third-order valence-corrected chi connectivity index (χ3v) is 11.5. The Morgan fingerprint density at radius 1 is 0.661 bits per heavy atom. The van der Waals surface area contributed by atoms with Crippen LogP contribution in [0.4, 0.5) is 0 Å². The van der Waals surface area contributed by atoms with Gasteiger partial charge in [0.25, 0.3) is 0 Å². The maximum Gasteiger partial charge on any atom is 0.118 e. The molecule has 0 amide bonds. The first kappa shape index (κ1) is 39.7. The first-order chi connectivity index (χ1) is 30.4. The normalized spacial score (nSPS) is 14.3. The molecule has 0 unspecified atom stereocenters. The van der Waals surface area contributed by atoms with Crippen LogP contribution in [0.1, 0.15) is 52.4 Å². The Bertz CT molecular complexity index is 2960. The Balaban J connectivity index is 1.28. The van der Waals surface area contributed by atoms with Crippen molar-refractivity contribution in [2.24, 2.45) is 4.99 Å². The van der Waals surface area contributed by atoms with Crippen molar-refractivity contribution in [3.8, 4) is 39.3 Å². The summed E-state index contributed by atoms with van der Waals surface area (Å²) in [5, 5.41) is 0. The van der Waals surface area contributed by atoms with Crippen LogP contribution in [0.25, 0.3) is 55.8 Å². The second-order valence-electron chi connectivity index (χ2n) is 15.7. The zero-order valence-electron chi connectivity index (χ0n) is 35.4. The van der Waals surface area contributed by atoms with Crippen molar-refractivity contribution in [3.05, 3.63) is 258 Å². The van der Waals surface area contributed by atoms with Crippen LogP contribution >= 0.6 is 0 Å². The molecule has 300 valence electrons. The molecule has 0 saturated carbocycles. The molecule has 3 heteroatoms. The highest BCUT2D eigenvalue weighted by Crippen LogP contribution is 2.44. The standard InChI is InChI=1S/C59H48N2O/c1-5-13-41(3)42-22-28-47(29-23-42)53-38-55(49-20-18-40(2)19-21-49)60-58(53)57(51-34-36-52(62-4)37-35-51)59-54(48-30-24-45(25-31-48)44-16-11-8-12-17-44)39-56(61-59)50-32-26-46(27-33-50)43-14-9-6-7-10-15-43/h5-6,8-39,61H,3,7H2,1-2,4H3/b13-5-,58-57-. The van der Waals surface area contributed by atoms with E-state index in [2.05, 4.69) is 201 Å². The van der Waals surface area contributed by atoms with Crippen LogP contribution in [0, 0.1) is 6.92 Å². The first-order valence-corrected chi connectivity index (χ1v) is 21.2. The summed E-state index contributed by atoms with van der Waals surface area (Å²) in [6, 6.07) is 56.3. The number of aryl methyl sites for hydroxylation is 1. The second-order valence-corrected chi connectivity index (χ2v) is 15.7. The van der Waals surface area contributed by atoms with E-state index >= 15 is 0 Å². The van der Waals surface area contributed by atoms with Crippen LogP contribution in [0.3, 0.4) is 0 Å². The Labute approximate surface area is 365 Å². The minimum Gasteiger partial charge on any atom is -0.497 e. The van der Waals surface area contributed by atoms with Crippen molar-refractivity contribution in [2.45, 2.75) is 20.3 Å².